The van der Waals surface area contributed by atoms with Crippen molar-refractivity contribution in [3.63, 3.8) is 0 Å². The second kappa shape index (κ2) is 10.2. The Kier molecular flexibility index (Phi) is 7.97. The minimum atomic E-state index is -3.08. The van der Waals surface area contributed by atoms with Crippen LogP contribution in [0.4, 0.5) is 20.3 Å². The summed E-state index contributed by atoms with van der Waals surface area (Å²) in [5.41, 5.74) is 0.532. The van der Waals surface area contributed by atoms with Crippen molar-refractivity contribution < 1.29 is 27.2 Å². The number of aromatic nitrogens is 3. The molecule has 1 aliphatic rings. The monoisotopic (exact) mass is 505 g/mol. The number of fused-ring (bicyclic) bond motifs is 1. The number of alkyl halides is 2. The van der Waals surface area contributed by atoms with Gasteiger partial charge in [-0.2, -0.15) is 13.1 Å². The first-order chi connectivity index (χ1) is 15.3. The molecule has 0 N–H and O–H groups in total. The minimum absolute atomic E-state index is 0.0236. The van der Waals surface area contributed by atoms with Gasteiger partial charge in [0.1, 0.15) is 17.9 Å². The minimum Gasteiger partial charge on any atom is -0.414 e. The molecule has 0 aliphatic carbocycles. The average Bonchev–Trinajstić information content (AvgIpc) is 3.00. The maximum Gasteiger partial charge on any atom is 0.388 e. The number of anilines is 1. The van der Waals surface area contributed by atoms with Gasteiger partial charge in [0.15, 0.2) is 5.65 Å². The first-order valence-corrected chi connectivity index (χ1v) is 16.8. The molecule has 3 heterocycles. The highest BCUT2D eigenvalue weighted by molar-refractivity contribution is 7.92. The Bertz CT molecular complexity index is 1090. The molecule has 33 heavy (non-hydrogen) atoms. The topological polar surface area (TPSA) is 91.1 Å². The van der Waals surface area contributed by atoms with Gasteiger partial charge < -0.3 is 19.1 Å². The fraction of sp³-hybridized carbons (Fsp3) is 0.700. The summed E-state index contributed by atoms with van der Waals surface area (Å²) in [6.07, 6.45) is 2.96. The van der Waals surface area contributed by atoms with Crippen LogP contribution in [0.1, 0.15) is 6.92 Å². The van der Waals surface area contributed by atoms with Crippen LogP contribution in [0.15, 0.2) is 10.4 Å². The van der Waals surface area contributed by atoms with E-state index < -0.39 is 24.4 Å². The quantitative estimate of drug-likeness (QED) is 0.377. The zero-order valence-corrected chi connectivity index (χ0v) is 21.8. The van der Waals surface area contributed by atoms with Crippen molar-refractivity contribution in [1.29, 1.82) is 0 Å². The largest absolute Gasteiger partial charge is 0.414 e. The van der Waals surface area contributed by atoms with E-state index >= 15 is 0 Å². The Labute approximate surface area is 194 Å². The third-order valence-electron chi connectivity index (χ3n) is 5.03. The molecule has 0 amide bonds. The van der Waals surface area contributed by atoms with Crippen LogP contribution in [0, 0.1) is 0 Å². The maximum atomic E-state index is 13.2. The number of halogens is 2. The van der Waals surface area contributed by atoms with Gasteiger partial charge in [-0.1, -0.05) is 19.6 Å². The van der Waals surface area contributed by atoms with Gasteiger partial charge in [0.25, 0.3) is 0 Å². The SMILES string of the molecule is C[C@@H]1COCCN1c1cc(N=S(C)(C)=O)c2c(OC(F)F)nn(COCC[Si](C)(C)C)c2n1. The summed E-state index contributed by atoms with van der Waals surface area (Å²) >= 11 is 0. The maximum absolute atomic E-state index is 13.2. The molecule has 0 unspecified atom stereocenters. The number of morpholine rings is 1. The van der Waals surface area contributed by atoms with Crippen LogP contribution in [0.3, 0.4) is 0 Å². The van der Waals surface area contributed by atoms with E-state index in [1.807, 2.05) is 11.8 Å². The summed E-state index contributed by atoms with van der Waals surface area (Å²) in [5, 5.41) is 4.39. The predicted octanol–water partition coefficient (Wildman–Crippen LogP) is 3.93. The summed E-state index contributed by atoms with van der Waals surface area (Å²) in [5.74, 6) is 0.262. The van der Waals surface area contributed by atoms with Crippen LogP contribution in [0.25, 0.3) is 11.0 Å². The van der Waals surface area contributed by atoms with Crippen LogP contribution in [0.5, 0.6) is 5.88 Å². The molecule has 2 aromatic rings. The Morgan fingerprint density at radius 3 is 2.70 bits per heavy atom. The molecule has 13 heteroatoms. The number of pyridine rings is 1. The highest BCUT2D eigenvalue weighted by atomic mass is 32.2. The molecule has 0 saturated carbocycles. The Morgan fingerprint density at radius 1 is 1.36 bits per heavy atom. The standard InChI is InChI=1S/C20H33F2N5O4SSi/c1-14-12-29-8-7-26(14)16-11-15(25-32(2,3)28)17-18(23-16)27(24-19(17)31-20(21)22)13-30-9-10-33(4,5)6/h11,14,20H,7-10,12-13H2,1-6H3/t14-/m1/s1. The van der Waals surface area contributed by atoms with Crippen molar-refractivity contribution in [2.24, 2.45) is 4.36 Å². The van der Waals surface area contributed by atoms with Crippen LogP contribution < -0.4 is 9.64 Å². The molecule has 1 fully saturated rings. The van der Waals surface area contributed by atoms with E-state index in [-0.39, 0.29) is 35.4 Å². The van der Waals surface area contributed by atoms with E-state index in [9.17, 15) is 13.0 Å². The third kappa shape index (κ3) is 7.07. The van der Waals surface area contributed by atoms with Gasteiger partial charge in [0, 0.05) is 49.5 Å². The zero-order valence-electron chi connectivity index (χ0n) is 20.0. The van der Waals surface area contributed by atoms with Gasteiger partial charge in [-0.25, -0.2) is 13.9 Å². The van der Waals surface area contributed by atoms with E-state index in [4.69, 9.17) is 14.5 Å². The van der Waals surface area contributed by atoms with Gasteiger partial charge >= 0.3 is 6.61 Å². The molecular formula is C20H33F2N5O4SSi. The van der Waals surface area contributed by atoms with Crippen molar-refractivity contribution in [2.75, 3.05) is 43.8 Å². The van der Waals surface area contributed by atoms with E-state index in [1.54, 1.807) is 6.07 Å². The molecule has 0 radical (unpaired) electrons. The summed E-state index contributed by atoms with van der Waals surface area (Å²) in [4.78, 5) is 6.76. The van der Waals surface area contributed by atoms with E-state index in [0.717, 1.165) is 6.04 Å². The number of ether oxygens (including phenoxy) is 3. The lowest BCUT2D eigenvalue weighted by Gasteiger charge is -2.34. The molecule has 3 rings (SSSR count). The molecule has 0 spiro atoms. The Morgan fingerprint density at radius 2 is 2.09 bits per heavy atom. The number of rotatable bonds is 9. The third-order valence-corrected chi connectivity index (χ3v) is 7.37. The van der Waals surface area contributed by atoms with Crippen LogP contribution in [-0.4, -0.2) is 78.6 Å². The summed E-state index contributed by atoms with van der Waals surface area (Å²) in [6, 6.07) is 2.64. The average molecular weight is 506 g/mol. The van der Waals surface area contributed by atoms with Gasteiger partial charge in [-0.15, -0.1) is 5.10 Å². The second-order valence-electron chi connectivity index (χ2n) is 9.62. The highest BCUT2D eigenvalue weighted by Gasteiger charge is 2.26. The molecular weight excluding hydrogens is 472 g/mol. The van der Waals surface area contributed by atoms with Crippen LogP contribution in [0.2, 0.25) is 25.7 Å². The van der Waals surface area contributed by atoms with Gasteiger partial charge in [0.2, 0.25) is 5.88 Å². The van der Waals surface area contributed by atoms with E-state index in [1.165, 1.54) is 17.2 Å². The molecule has 9 nitrogen and oxygen atoms in total. The van der Waals surface area contributed by atoms with Gasteiger partial charge in [0.05, 0.1) is 24.9 Å². The summed E-state index contributed by atoms with van der Waals surface area (Å²) in [6.45, 7) is 7.87. The first kappa shape index (κ1) is 25.8. The molecule has 2 aromatic heterocycles. The van der Waals surface area contributed by atoms with Crippen molar-refractivity contribution in [1.82, 2.24) is 14.8 Å². The molecule has 1 atom stereocenters. The normalized spacial score (nSPS) is 17.7. The number of hydrogen-bond acceptors (Lipinski definition) is 8. The van der Waals surface area contributed by atoms with Crippen molar-refractivity contribution in [3.05, 3.63) is 6.07 Å². The zero-order chi connectivity index (χ0) is 24.4. The number of hydrogen-bond donors (Lipinski definition) is 0. The summed E-state index contributed by atoms with van der Waals surface area (Å²) < 4.78 is 60.6. The fourth-order valence-electron chi connectivity index (χ4n) is 3.41. The van der Waals surface area contributed by atoms with Crippen molar-refractivity contribution in [3.8, 4) is 5.88 Å². The van der Waals surface area contributed by atoms with E-state index in [2.05, 4.69) is 33.8 Å². The lowest BCUT2D eigenvalue weighted by molar-refractivity contribution is -0.0528. The lowest BCUT2D eigenvalue weighted by atomic mass is 10.2. The van der Waals surface area contributed by atoms with Gasteiger partial charge in [-0.3, -0.25) is 0 Å². The molecule has 0 bridgehead atoms. The highest BCUT2D eigenvalue weighted by Crippen LogP contribution is 2.38. The van der Waals surface area contributed by atoms with Crippen LogP contribution >= 0.6 is 0 Å². The first-order valence-electron chi connectivity index (χ1n) is 10.8. The molecule has 1 saturated heterocycles. The molecule has 0 aromatic carbocycles. The predicted molar refractivity (Wildman–Crippen MR) is 128 cm³/mol. The lowest BCUT2D eigenvalue weighted by Crippen LogP contribution is -2.44. The van der Waals surface area contributed by atoms with E-state index in [0.29, 0.717) is 32.2 Å². The van der Waals surface area contributed by atoms with Crippen LogP contribution in [-0.2, 0) is 25.9 Å². The fourth-order valence-corrected chi connectivity index (χ4v) is 4.79. The Hall–Kier alpha value is -1.83. The summed E-state index contributed by atoms with van der Waals surface area (Å²) in [7, 11) is -3.91. The van der Waals surface area contributed by atoms with Crippen molar-refractivity contribution >= 4 is 40.3 Å². The van der Waals surface area contributed by atoms with Gasteiger partial charge in [-0.05, 0) is 13.0 Å². The molecule has 1 aliphatic heterocycles. The number of nitrogens with zero attached hydrogens (tertiary/aromatic N) is 5. The second-order valence-corrected chi connectivity index (χ2v) is 17.8. The Balaban J connectivity index is 2.12. The smallest absolute Gasteiger partial charge is 0.388 e. The molecule has 186 valence electrons. The van der Waals surface area contributed by atoms with Crippen molar-refractivity contribution in [2.45, 2.75) is 52.0 Å².